The van der Waals surface area contributed by atoms with E-state index in [1.165, 1.54) is 11.8 Å². The Morgan fingerprint density at radius 3 is 2.31 bits per heavy atom. The molecular weight excluding hydrogens is 386 g/mol. The second kappa shape index (κ2) is 9.93. The van der Waals surface area contributed by atoms with Gasteiger partial charge in [-0.3, -0.25) is 19.1 Å². The Labute approximate surface area is 176 Å². The molecule has 1 saturated heterocycles. The highest BCUT2D eigenvalue weighted by Gasteiger charge is 2.27. The van der Waals surface area contributed by atoms with Gasteiger partial charge in [0, 0.05) is 45.0 Å². The van der Waals surface area contributed by atoms with E-state index >= 15 is 0 Å². The molecule has 1 aliphatic rings. The number of likely N-dealkylation sites (N-methyl/N-ethyl adjacent to an activating group) is 1. The van der Waals surface area contributed by atoms with E-state index in [9.17, 15) is 9.59 Å². The highest BCUT2D eigenvalue weighted by atomic mass is 32.2. The van der Waals surface area contributed by atoms with Gasteiger partial charge in [0.1, 0.15) is 5.69 Å². The summed E-state index contributed by atoms with van der Waals surface area (Å²) in [6.07, 6.45) is 3.62. The van der Waals surface area contributed by atoms with Crippen molar-refractivity contribution >= 4 is 23.6 Å². The van der Waals surface area contributed by atoms with Crippen molar-refractivity contribution in [2.24, 2.45) is 0 Å². The molecular formula is C21H29N5O2S. The fraction of sp³-hybridized carbons (Fsp3) is 0.476. The number of carbonyl (C=O) groups is 2. The fourth-order valence-corrected chi connectivity index (χ4v) is 4.14. The van der Waals surface area contributed by atoms with E-state index in [4.69, 9.17) is 0 Å². The Hall–Kier alpha value is -2.32. The number of amides is 2. The second-order valence-electron chi connectivity index (χ2n) is 6.94. The first-order chi connectivity index (χ1) is 14.1. The molecule has 1 aromatic carbocycles. The van der Waals surface area contributed by atoms with Crippen LogP contribution in [0, 0.1) is 0 Å². The van der Waals surface area contributed by atoms with Crippen molar-refractivity contribution in [3.05, 3.63) is 42.2 Å². The summed E-state index contributed by atoms with van der Waals surface area (Å²) in [7, 11) is 0. The number of hydrogen-bond acceptors (Lipinski definition) is 5. The Balaban J connectivity index is 1.68. The van der Waals surface area contributed by atoms with Crippen LogP contribution in [0.2, 0.25) is 0 Å². The van der Waals surface area contributed by atoms with Crippen LogP contribution in [0.1, 0.15) is 24.3 Å². The molecule has 0 atom stereocenters. The Morgan fingerprint density at radius 1 is 1.07 bits per heavy atom. The Bertz CT molecular complexity index is 827. The third-order valence-corrected chi connectivity index (χ3v) is 5.93. The van der Waals surface area contributed by atoms with Crippen LogP contribution in [-0.4, -0.2) is 88.1 Å². The second-order valence-corrected chi connectivity index (χ2v) is 7.71. The SMILES string of the molecule is CCN(CC)C(=O)CN1CCN(C(=O)c2cnc(SC)n2-c2ccccc2)CC1. The minimum Gasteiger partial charge on any atom is -0.342 e. The van der Waals surface area contributed by atoms with Crippen molar-refractivity contribution in [2.45, 2.75) is 19.0 Å². The minimum atomic E-state index is -0.0172. The van der Waals surface area contributed by atoms with Crippen molar-refractivity contribution in [2.75, 3.05) is 52.1 Å². The third-order valence-electron chi connectivity index (χ3n) is 5.28. The van der Waals surface area contributed by atoms with Gasteiger partial charge in [0.05, 0.1) is 12.7 Å². The summed E-state index contributed by atoms with van der Waals surface area (Å²) in [5.74, 6) is 0.137. The van der Waals surface area contributed by atoms with Gasteiger partial charge in [-0.2, -0.15) is 0 Å². The molecule has 0 N–H and O–H groups in total. The van der Waals surface area contributed by atoms with E-state index in [1.54, 1.807) is 6.20 Å². The lowest BCUT2D eigenvalue weighted by molar-refractivity contribution is -0.132. The van der Waals surface area contributed by atoms with Gasteiger partial charge in [0.15, 0.2) is 5.16 Å². The first-order valence-electron chi connectivity index (χ1n) is 10.1. The molecule has 1 fully saturated rings. The van der Waals surface area contributed by atoms with Crippen LogP contribution in [0.25, 0.3) is 5.69 Å². The standard InChI is InChI=1S/C21H29N5O2S/c1-4-24(5-2)19(27)16-23-11-13-25(14-12-23)20(28)18-15-22-21(29-3)26(18)17-9-7-6-8-10-17/h6-10,15H,4-5,11-14,16H2,1-3H3. The number of hydrogen-bond donors (Lipinski definition) is 0. The van der Waals surface area contributed by atoms with Crippen molar-refractivity contribution < 1.29 is 9.59 Å². The van der Waals surface area contributed by atoms with Crippen molar-refractivity contribution in [1.82, 2.24) is 24.3 Å². The normalized spacial score (nSPS) is 14.8. The van der Waals surface area contributed by atoms with Gasteiger partial charge in [0.25, 0.3) is 5.91 Å². The first kappa shape index (κ1) is 21.4. The van der Waals surface area contributed by atoms with E-state index in [0.717, 1.165) is 23.9 Å². The van der Waals surface area contributed by atoms with Gasteiger partial charge in [0.2, 0.25) is 5.91 Å². The molecule has 2 heterocycles. The van der Waals surface area contributed by atoms with E-state index < -0.39 is 0 Å². The molecule has 1 aliphatic heterocycles. The molecule has 2 aromatic rings. The molecule has 0 bridgehead atoms. The summed E-state index contributed by atoms with van der Waals surface area (Å²) in [6.45, 7) is 8.50. The topological polar surface area (TPSA) is 61.7 Å². The van der Waals surface area contributed by atoms with Gasteiger partial charge >= 0.3 is 0 Å². The van der Waals surface area contributed by atoms with E-state index in [2.05, 4.69) is 9.88 Å². The molecule has 0 aliphatic carbocycles. The van der Waals surface area contributed by atoms with Gasteiger partial charge in [-0.1, -0.05) is 30.0 Å². The molecule has 0 saturated carbocycles. The molecule has 0 unspecified atom stereocenters. The zero-order valence-corrected chi connectivity index (χ0v) is 18.2. The maximum Gasteiger partial charge on any atom is 0.272 e. The predicted octanol–water partition coefficient (Wildman–Crippen LogP) is 2.22. The van der Waals surface area contributed by atoms with Crippen molar-refractivity contribution in [1.29, 1.82) is 0 Å². The van der Waals surface area contributed by atoms with Crippen molar-refractivity contribution in [3.63, 3.8) is 0 Å². The number of piperazine rings is 1. The number of para-hydroxylation sites is 1. The van der Waals surface area contributed by atoms with Crippen LogP contribution in [0.15, 0.2) is 41.7 Å². The Kier molecular flexibility index (Phi) is 7.33. The van der Waals surface area contributed by atoms with E-state index in [1.807, 2.05) is 64.8 Å². The number of aromatic nitrogens is 2. The summed E-state index contributed by atoms with van der Waals surface area (Å²) in [4.78, 5) is 35.8. The van der Waals surface area contributed by atoms with Crippen LogP contribution < -0.4 is 0 Å². The maximum absolute atomic E-state index is 13.2. The summed E-state index contributed by atoms with van der Waals surface area (Å²) < 4.78 is 1.92. The van der Waals surface area contributed by atoms with Crippen LogP contribution in [-0.2, 0) is 4.79 Å². The van der Waals surface area contributed by atoms with Gasteiger partial charge in [-0.05, 0) is 32.2 Å². The number of carbonyl (C=O) groups excluding carboxylic acids is 2. The molecule has 3 rings (SSSR count). The quantitative estimate of drug-likeness (QED) is 0.649. The summed E-state index contributed by atoms with van der Waals surface area (Å²) in [5, 5.41) is 0.794. The van der Waals surface area contributed by atoms with Crippen molar-refractivity contribution in [3.8, 4) is 5.69 Å². The van der Waals surface area contributed by atoms with Crippen LogP contribution in [0.3, 0.4) is 0 Å². The van der Waals surface area contributed by atoms with Crippen LogP contribution in [0.5, 0.6) is 0 Å². The molecule has 156 valence electrons. The average Bonchev–Trinajstić information content (AvgIpc) is 3.19. The monoisotopic (exact) mass is 415 g/mol. The highest BCUT2D eigenvalue weighted by molar-refractivity contribution is 7.98. The number of thioether (sulfide) groups is 1. The smallest absolute Gasteiger partial charge is 0.272 e. The Morgan fingerprint density at radius 2 is 1.72 bits per heavy atom. The van der Waals surface area contributed by atoms with Gasteiger partial charge in [-0.15, -0.1) is 0 Å². The highest BCUT2D eigenvalue weighted by Crippen LogP contribution is 2.23. The lowest BCUT2D eigenvalue weighted by Gasteiger charge is -2.35. The number of rotatable bonds is 7. The molecule has 0 radical (unpaired) electrons. The van der Waals surface area contributed by atoms with Gasteiger partial charge in [-0.25, -0.2) is 4.98 Å². The van der Waals surface area contributed by atoms with E-state index in [-0.39, 0.29) is 11.8 Å². The zero-order valence-electron chi connectivity index (χ0n) is 17.4. The lowest BCUT2D eigenvalue weighted by Crippen LogP contribution is -2.51. The predicted molar refractivity (Wildman–Crippen MR) is 116 cm³/mol. The summed E-state index contributed by atoms with van der Waals surface area (Å²) in [6, 6.07) is 9.84. The molecule has 0 spiro atoms. The third kappa shape index (κ3) is 4.82. The molecule has 8 heteroatoms. The van der Waals surface area contributed by atoms with Crippen LogP contribution >= 0.6 is 11.8 Å². The molecule has 7 nitrogen and oxygen atoms in total. The molecule has 29 heavy (non-hydrogen) atoms. The number of benzene rings is 1. The van der Waals surface area contributed by atoms with E-state index in [0.29, 0.717) is 38.4 Å². The zero-order chi connectivity index (χ0) is 20.8. The number of nitrogens with zero attached hydrogens (tertiary/aromatic N) is 5. The first-order valence-corrected chi connectivity index (χ1v) is 11.3. The lowest BCUT2D eigenvalue weighted by atomic mass is 10.2. The molecule has 2 amide bonds. The van der Waals surface area contributed by atoms with Crippen LogP contribution in [0.4, 0.5) is 0 Å². The summed E-state index contributed by atoms with van der Waals surface area (Å²) >= 11 is 1.52. The number of imidazole rings is 1. The average molecular weight is 416 g/mol. The van der Waals surface area contributed by atoms with Gasteiger partial charge < -0.3 is 9.80 Å². The maximum atomic E-state index is 13.2. The summed E-state index contributed by atoms with van der Waals surface area (Å²) in [5.41, 5.74) is 1.51. The molecule has 1 aromatic heterocycles. The minimum absolute atomic E-state index is 0.0172. The largest absolute Gasteiger partial charge is 0.342 e. The fourth-order valence-electron chi connectivity index (χ4n) is 3.59.